The molecule has 0 bridgehead atoms. The Bertz CT molecular complexity index is 487. The van der Waals surface area contributed by atoms with Gasteiger partial charge in [-0.15, -0.1) is 10.2 Å². The minimum absolute atomic E-state index is 0.0973. The third-order valence-corrected chi connectivity index (χ3v) is 5.30. The highest BCUT2D eigenvalue weighted by molar-refractivity contribution is 7.15. The van der Waals surface area contributed by atoms with Gasteiger partial charge in [-0.25, -0.2) is 0 Å². The van der Waals surface area contributed by atoms with Crippen molar-refractivity contribution in [3.8, 4) is 0 Å². The average molecular weight is 307 g/mol. The van der Waals surface area contributed by atoms with Crippen molar-refractivity contribution in [2.24, 2.45) is 5.41 Å². The van der Waals surface area contributed by atoms with E-state index in [2.05, 4.69) is 15.5 Å². The van der Waals surface area contributed by atoms with Crippen LogP contribution in [0, 0.1) is 5.41 Å². The van der Waals surface area contributed by atoms with Gasteiger partial charge in [-0.05, 0) is 26.2 Å². The second-order valence-electron chi connectivity index (χ2n) is 5.37. The van der Waals surface area contributed by atoms with Crippen molar-refractivity contribution >= 4 is 16.5 Å². The van der Waals surface area contributed by atoms with Gasteiger partial charge in [-0.2, -0.15) is 13.2 Å². The molecule has 2 aliphatic rings. The lowest BCUT2D eigenvalue weighted by molar-refractivity contribution is -0.157. The average Bonchev–Trinajstić information content (AvgIpc) is 2.73. The van der Waals surface area contributed by atoms with E-state index >= 15 is 0 Å². The monoisotopic (exact) mass is 307 g/mol. The van der Waals surface area contributed by atoms with Gasteiger partial charge in [0, 0.05) is 18.1 Å². The molecule has 4 nitrogen and oxygen atoms in total. The van der Waals surface area contributed by atoms with Crippen molar-refractivity contribution in [1.82, 2.24) is 10.2 Å². The number of aromatic nitrogens is 2. The van der Waals surface area contributed by atoms with Crippen molar-refractivity contribution in [3.05, 3.63) is 5.01 Å². The summed E-state index contributed by atoms with van der Waals surface area (Å²) < 4.78 is 43.2. The highest BCUT2D eigenvalue weighted by atomic mass is 32.1. The van der Waals surface area contributed by atoms with E-state index in [9.17, 15) is 13.2 Å². The normalized spacial score (nSPS) is 28.0. The fraction of sp³-hybridized carbons (Fsp3) is 0.833. The first-order valence-electron chi connectivity index (χ1n) is 6.74. The van der Waals surface area contributed by atoms with Gasteiger partial charge in [0.2, 0.25) is 10.1 Å². The number of hydrogen-bond acceptors (Lipinski definition) is 5. The van der Waals surface area contributed by atoms with Gasteiger partial charge < -0.3 is 10.1 Å². The number of hydrogen-bond donors (Lipinski definition) is 1. The van der Waals surface area contributed by atoms with Gasteiger partial charge in [-0.1, -0.05) is 17.8 Å². The van der Waals surface area contributed by atoms with E-state index in [0.29, 0.717) is 17.9 Å². The Balaban J connectivity index is 1.66. The largest absolute Gasteiger partial charge is 0.445 e. The van der Waals surface area contributed by atoms with Crippen LogP contribution in [0.5, 0.6) is 0 Å². The Labute approximate surface area is 118 Å². The van der Waals surface area contributed by atoms with Crippen LogP contribution in [0.2, 0.25) is 0 Å². The van der Waals surface area contributed by atoms with E-state index < -0.39 is 11.2 Å². The number of halogens is 3. The Morgan fingerprint density at radius 1 is 1.40 bits per heavy atom. The molecule has 8 heteroatoms. The Kier molecular flexibility index (Phi) is 3.40. The van der Waals surface area contributed by atoms with Gasteiger partial charge in [0.05, 0.1) is 6.10 Å². The Morgan fingerprint density at radius 3 is 2.65 bits per heavy atom. The number of anilines is 1. The zero-order chi connectivity index (χ0) is 14.4. The molecular weight excluding hydrogens is 291 g/mol. The van der Waals surface area contributed by atoms with Crippen LogP contribution in [0.25, 0.3) is 0 Å². The second-order valence-corrected chi connectivity index (χ2v) is 6.35. The first-order valence-corrected chi connectivity index (χ1v) is 7.56. The SMILES string of the molecule is CCOC1CC(Nc2nnc(C(F)(F)F)s2)C12CCC2. The quantitative estimate of drug-likeness (QED) is 0.927. The lowest BCUT2D eigenvalue weighted by Gasteiger charge is -2.60. The maximum atomic E-state index is 12.5. The molecule has 1 N–H and O–H groups in total. The topological polar surface area (TPSA) is 47.0 Å². The molecule has 1 spiro atoms. The van der Waals surface area contributed by atoms with Crippen LogP contribution in [0.3, 0.4) is 0 Å². The number of ether oxygens (including phenoxy) is 1. The van der Waals surface area contributed by atoms with E-state index in [-0.39, 0.29) is 22.7 Å². The summed E-state index contributed by atoms with van der Waals surface area (Å²) in [5.74, 6) is 0. The summed E-state index contributed by atoms with van der Waals surface area (Å²) in [6.07, 6.45) is -0.0611. The van der Waals surface area contributed by atoms with Crippen molar-refractivity contribution in [2.75, 3.05) is 11.9 Å². The molecule has 2 saturated carbocycles. The van der Waals surface area contributed by atoms with Crippen LogP contribution >= 0.6 is 11.3 Å². The molecule has 0 amide bonds. The molecule has 2 unspecified atom stereocenters. The molecule has 112 valence electrons. The number of nitrogens with one attached hydrogen (secondary N) is 1. The van der Waals surface area contributed by atoms with E-state index in [1.165, 1.54) is 0 Å². The third kappa shape index (κ3) is 2.18. The predicted molar refractivity (Wildman–Crippen MR) is 68.6 cm³/mol. The third-order valence-electron chi connectivity index (χ3n) is 4.40. The summed E-state index contributed by atoms with van der Waals surface area (Å²) in [4.78, 5) is 0. The summed E-state index contributed by atoms with van der Waals surface area (Å²) >= 11 is 0.568. The van der Waals surface area contributed by atoms with Gasteiger partial charge in [0.25, 0.3) is 0 Å². The summed E-state index contributed by atoms with van der Waals surface area (Å²) in [6, 6.07) is 0.154. The fourth-order valence-electron chi connectivity index (χ4n) is 3.19. The Morgan fingerprint density at radius 2 is 2.15 bits per heavy atom. The zero-order valence-corrected chi connectivity index (χ0v) is 11.9. The molecule has 0 radical (unpaired) electrons. The van der Waals surface area contributed by atoms with Crippen LogP contribution < -0.4 is 5.32 Å². The number of alkyl halides is 3. The highest BCUT2D eigenvalue weighted by Gasteiger charge is 2.59. The molecule has 1 aromatic heterocycles. The van der Waals surface area contributed by atoms with Crippen LogP contribution in [-0.4, -0.2) is 29.0 Å². The minimum atomic E-state index is -4.42. The summed E-state index contributed by atoms with van der Waals surface area (Å²) in [7, 11) is 0. The van der Waals surface area contributed by atoms with Crippen molar-refractivity contribution < 1.29 is 17.9 Å². The first kappa shape index (κ1) is 14.1. The number of rotatable bonds is 4. The molecule has 2 aliphatic carbocycles. The van der Waals surface area contributed by atoms with Crippen LogP contribution in [0.15, 0.2) is 0 Å². The zero-order valence-electron chi connectivity index (χ0n) is 11.0. The standard InChI is InChI=1S/C12H16F3N3OS/c1-2-19-8-6-7(11(8)4-3-5-11)16-10-18-17-9(20-10)12(13,14)15/h7-8H,2-6H2,1H3,(H,16,18). The maximum Gasteiger partial charge on any atom is 0.445 e. The van der Waals surface area contributed by atoms with Gasteiger partial charge in [0.15, 0.2) is 0 Å². The van der Waals surface area contributed by atoms with Crippen LogP contribution in [-0.2, 0) is 10.9 Å². The van der Waals surface area contributed by atoms with E-state index in [4.69, 9.17) is 4.74 Å². The molecule has 3 rings (SSSR count). The van der Waals surface area contributed by atoms with Crippen LogP contribution in [0.4, 0.5) is 18.3 Å². The molecule has 0 aromatic carbocycles. The van der Waals surface area contributed by atoms with Crippen LogP contribution in [0.1, 0.15) is 37.6 Å². The van der Waals surface area contributed by atoms with Crippen molar-refractivity contribution in [2.45, 2.75) is 50.9 Å². The van der Waals surface area contributed by atoms with Gasteiger partial charge in [0.1, 0.15) is 0 Å². The summed E-state index contributed by atoms with van der Waals surface area (Å²) in [6.45, 7) is 2.64. The van der Waals surface area contributed by atoms with E-state index in [1.54, 1.807) is 0 Å². The van der Waals surface area contributed by atoms with E-state index in [0.717, 1.165) is 25.7 Å². The molecule has 1 aromatic rings. The summed E-state index contributed by atoms with van der Waals surface area (Å²) in [5, 5.41) is 9.26. The van der Waals surface area contributed by atoms with E-state index in [1.807, 2.05) is 6.92 Å². The first-order chi connectivity index (χ1) is 9.45. The maximum absolute atomic E-state index is 12.5. The molecule has 2 atom stereocenters. The lowest BCUT2D eigenvalue weighted by atomic mass is 9.51. The molecular formula is C12H16F3N3OS. The minimum Gasteiger partial charge on any atom is -0.378 e. The van der Waals surface area contributed by atoms with Crippen molar-refractivity contribution in [1.29, 1.82) is 0 Å². The fourth-order valence-corrected chi connectivity index (χ4v) is 3.85. The van der Waals surface area contributed by atoms with Gasteiger partial charge >= 0.3 is 6.18 Å². The highest BCUT2D eigenvalue weighted by Crippen LogP contribution is 2.58. The predicted octanol–water partition coefficient (Wildman–Crippen LogP) is 3.32. The number of nitrogens with zero attached hydrogens (tertiary/aromatic N) is 2. The summed E-state index contributed by atoms with van der Waals surface area (Å²) in [5.41, 5.74) is 0.0973. The Hall–Kier alpha value is -0.890. The molecule has 2 fully saturated rings. The van der Waals surface area contributed by atoms with Gasteiger partial charge in [-0.3, -0.25) is 0 Å². The lowest BCUT2D eigenvalue weighted by Crippen LogP contribution is -2.64. The molecule has 0 aliphatic heterocycles. The molecule has 1 heterocycles. The molecule has 20 heavy (non-hydrogen) atoms. The second kappa shape index (κ2) is 4.84. The van der Waals surface area contributed by atoms with Crippen molar-refractivity contribution in [3.63, 3.8) is 0 Å². The smallest absolute Gasteiger partial charge is 0.378 e. The molecule has 0 saturated heterocycles.